The van der Waals surface area contributed by atoms with Gasteiger partial charge < -0.3 is 4.90 Å². The zero-order valence-corrected chi connectivity index (χ0v) is 13.6. The summed E-state index contributed by atoms with van der Waals surface area (Å²) in [6.07, 6.45) is 3.80. The van der Waals surface area contributed by atoms with Gasteiger partial charge in [-0.05, 0) is 25.3 Å². The second-order valence-corrected chi connectivity index (χ2v) is 8.25. The van der Waals surface area contributed by atoms with Gasteiger partial charge in [-0.25, -0.2) is 13.4 Å². The van der Waals surface area contributed by atoms with Gasteiger partial charge in [0.15, 0.2) is 0 Å². The molecule has 1 aromatic heterocycles. The van der Waals surface area contributed by atoms with Gasteiger partial charge in [0.05, 0.1) is 15.8 Å². The Morgan fingerprint density at radius 3 is 2.68 bits per heavy atom. The highest BCUT2D eigenvalue weighted by Gasteiger charge is 2.40. The van der Waals surface area contributed by atoms with E-state index in [4.69, 9.17) is 16.9 Å². The van der Waals surface area contributed by atoms with E-state index in [1.165, 1.54) is 6.20 Å². The molecule has 2 aliphatic rings. The summed E-state index contributed by atoms with van der Waals surface area (Å²) < 4.78 is 26.2. The molecule has 22 heavy (non-hydrogen) atoms. The van der Waals surface area contributed by atoms with Crippen molar-refractivity contribution < 1.29 is 8.42 Å². The fourth-order valence-electron chi connectivity index (χ4n) is 2.66. The van der Waals surface area contributed by atoms with Gasteiger partial charge in [-0.2, -0.15) is 9.57 Å². The lowest BCUT2D eigenvalue weighted by Gasteiger charge is -2.23. The number of nitrogens with zero attached hydrogens (tertiary/aromatic N) is 4. The Bertz CT molecular complexity index is 712. The molecule has 6 nitrogen and oxygen atoms in total. The number of halogens is 1. The first-order chi connectivity index (χ1) is 10.5. The van der Waals surface area contributed by atoms with E-state index in [2.05, 4.69) is 4.98 Å². The maximum atomic E-state index is 12.3. The van der Waals surface area contributed by atoms with Crippen LogP contribution >= 0.6 is 11.6 Å². The number of hydrogen-bond donors (Lipinski definition) is 0. The van der Waals surface area contributed by atoms with E-state index < -0.39 is 10.0 Å². The number of pyridine rings is 1. The van der Waals surface area contributed by atoms with Gasteiger partial charge in [0.25, 0.3) is 0 Å². The normalized spacial score (nSPS) is 20.5. The van der Waals surface area contributed by atoms with Crippen molar-refractivity contribution in [3.8, 4) is 6.07 Å². The number of nitriles is 1. The molecule has 1 aromatic rings. The van der Waals surface area contributed by atoms with Crippen molar-refractivity contribution in [2.75, 3.05) is 31.1 Å². The fourth-order valence-corrected chi connectivity index (χ4v) is 4.82. The lowest BCUT2D eigenvalue weighted by Crippen LogP contribution is -2.37. The zero-order valence-electron chi connectivity index (χ0n) is 12.1. The molecule has 2 fully saturated rings. The minimum absolute atomic E-state index is 0.171. The molecule has 0 amide bonds. The Balaban J connectivity index is 1.74. The summed E-state index contributed by atoms with van der Waals surface area (Å²) in [6.45, 7) is 2.26. The van der Waals surface area contributed by atoms with Gasteiger partial charge in [0.1, 0.15) is 11.9 Å². The molecule has 0 aromatic carbocycles. The molecule has 0 unspecified atom stereocenters. The second kappa shape index (κ2) is 6.03. The molecular weight excluding hydrogens is 324 g/mol. The predicted molar refractivity (Wildman–Crippen MR) is 84.3 cm³/mol. The monoisotopic (exact) mass is 340 g/mol. The summed E-state index contributed by atoms with van der Waals surface area (Å²) >= 11 is 6.19. The molecule has 0 bridgehead atoms. The van der Waals surface area contributed by atoms with Crippen molar-refractivity contribution in [1.29, 1.82) is 5.26 Å². The number of rotatable bonds is 3. The maximum absolute atomic E-state index is 12.3. The van der Waals surface area contributed by atoms with E-state index in [1.54, 1.807) is 10.4 Å². The molecule has 0 radical (unpaired) electrons. The molecular formula is C14H17ClN4O2S. The van der Waals surface area contributed by atoms with Crippen LogP contribution in [0.3, 0.4) is 0 Å². The highest BCUT2D eigenvalue weighted by atomic mass is 35.5. The Labute approximate surface area is 135 Å². The van der Waals surface area contributed by atoms with Crippen molar-refractivity contribution in [3.05, 3.63) is 22.8 Å². The number of aromatic nitrogens is 1. The van der Waals surface area contributed by atoms with Crippen LogP contribution in [0.25, 0.3) is 0 Å². The molecule has 2 heterocycles. The summed E-state index contributed by atoms with van der Waals surface area (Å²) in [5.74, 6) is 0.617. The first kappa shape index (κ1) is 15.5. The molecule has 1 saturated carbocycles. The van der Waals surface area contributed by atoms with Crippen LogP contribution in [0.1, 0.15) is 24.8 Å². The minimum atomic E-state index is -3.13. The third-order valence-corrected chi connectivity index (χ3v) is 6.69. The van der Waals surface area contributed by atoms with E-state index in [9.17, 15) is 8.42 Å². The van der Waals surface area contributed by atoms with Crippen LogP contribution in [-0.4, -0.2) is 49.1 Å². The number of anilines is 1. The molecule has 1 aliphatic carbocycles. The Hall–Kier alpha value is -1.36. The topological polar surface area (TPSA) is 77.3 Å². The summed E-state index contributed by atoms with van der Waals surface area (Å²) in [4.78, 5) is 6.24. The van der Waals surface area contributed by atoms with Crippen LogP contribution < -0.4 is 4.90 Å². The average Bonchev–Trinajstić information content (AvgIpc) is 3.33. The Morgan fingerprint density at radius 1 is 1.27 bits per heavy atom. The van der Waals surface area contributed by atoms with Gasteiger partial charge in [-0.15, -0.1) is 0 Å². The molecule has 0 N–H and O–H groups in total. The summed E-state index contributed by atoms with van der Waals surface area (Å²) in [6, 6.07) is 3.59. The average molecular weight is 341 g/mol. The lowest BCUT2D eigenvalue weighted by atomic mass is 10.3. The third-order valence-electron chi connectivity index (χ3n) is 4.01. The molecule has 3 rings (SSSR count). The van der Waals surface area contributed by atoms with E-state index in [0.29, 0.717) is 42.6 Å². The molecule has 1 aliphatic heterocycles. The number of sulfonamides is 1. The largest absolute Gasteiger partial charge is 0.354 e. The van der Waals surface area contributed by atoms with Crippen LogP contribution in [0.5, 0.6) is 0 Å². The van der Waals surface area contributed by atoms with Gasteiger partial charge in [0, 0.05) is 32.4 Å². The SMILES string of the molecule is N#Cc1cnc(N2CCCN(S(=O)(=O)C3CC3)CC2)c(Cl)c1. The number of hydrogen-bond acceptors (Lipinski definition) is 5. The highest BCUT2D eigenvalue weighted by Crippen LogP contribution is 2.32. The van der Waals surface area contributed by atoms with E-state index in [0.717, 1.165) is 19.3 Å². The second-order valence-electron chi connectivity index (χ2n) is 5.63. The van der Waals surface area contributed by atoms with Crippen molar-refractivity contribution in [2.24, 2.45) is 0 Å². The quantitative estimate of drug-likeness (QED) is 0.835. The summed E-state index contributed by atoms with van der Waals surface area (Å²) in [5, 5.41) is 9.11. The van der Waals surface area contributed by atoms with Crippen LogP contribution in [0.4, 0.5) is 5.82 Å². The first-order valence-electron chi connectivity index (χ1n) is 7.32. The van der Waals surface area contributed by atoms with Gasteiger partial charge in [-0.1, -0.05) is 11.6 Å². The summed E-state index contributed by atoms with van der Waals surface area (Å²) in [5.41, 5.74) is 0.418. The van der Waals surface area contributed by atoms with Crippen molar-refractivity contribution >= 4 is 27.4 Å². The molecule has 118 valence electrons. The van der Waals surface area contributed by atoms with Crippen molar-refractivity contribution in [1.82, 2.24) is 9.29 Å². The van der Waals surface area contributed by atoms with Crippen molar-refractivity contribution in [3.63, 3.8) is 0 Å². The molecule has 1 saturated heterocycles. The zero-order chi connectivity index (χ0) is 15.7. The van der Waals surface area contributed by atoms with Crippen LogP contribution in [0.15, 0.2) is 12.3 Å². The van der Waals surface area contributed by atoms with Crippen LogP contribution in [0, 0.1) is 11.3 Å². The Kier molecular flexibility index (Phi) is 4.26. The van der Waals surface area contributed by atoms with Crippen LogP contribution in [-0.2, 0) is 10.0 Å². The maximum Gasteiger partial charge on any atom is 0.217 e. The van der Waals surface area contributed by atoms with Gasteiger partial charge in [0.2, 0.25) is 10.0 Å². The first-order valence-corrected chi connectivity index (χ1v) is 9.20. The van der Waals surface area contributed by atoms with Gasteiger partial charge >= 0.3 is 0 Å². The molecule has 8 heteroatoms. The summed E-state index contributed by atoms with van der Waals surface area (Å²) in [7, 11) is -3.13. The standard InChI is InChI=1S/C14H17ClN4O2S/c15-13-8-11(9-16)10-17-14(13)18-4-1-5-19(7-6-18)22(20,21)12-2-3-12/h8,10,12H,1-7H2. The molecule has 0 spiro atoms. The predicted octanol–water partition coefficient (Wildman–Crippen LogP) is 1.61. The minimum Gasteiger partial charge on any atom is -0.354 e. The fraction of sp³-hybridized carbons (Fsp3) is 0.571. The lowest BCUT2D eigenvalue weighted by molar-refractivity contribution is 0.432. The smallest absolute Gasteiger partial charge is 0.217 e. The Morgan fingerprint density at radius 2 is 2.05 bits per heavy atom. The molecule has 0 atom stereocenters. The van der Waals surface area contributed by atoms with Gasteiger partial charge in [-0.3, -0.25) is 0 Å². The van der Waals surface area contributed by atoms with E-state index in [-0.39, 0.29) is 5.25 Å². The van der Waals surface area contributed by atoms with E-state index >= 15 is 0 Å². The van der Waals surface area contributed by atoms with Crippen LogP contribution in [0.2, 0.25) is 5.02 Å². The third kappa shape index (κ3) is 3.05. The van der Waals surface area contributed by atoms with E-state index in [1.807, 2.05) is 11.0 Å². The highest BCUT2D eigenvalue weighted by molar-refractivity contribution is 7.90. The van der Waals surface area contributed by atoms with Crippen molar-refractivity contribution in [2.45, 2.75) is 24.5 Å².